The number of ether oxygens (including phenoxy) is 1. The Morgan fingerprint density at radius 1 is 1.22 bits per heavy atom. The number of oxazole rings is 1. The molecule has 1 aromatic carbocycles. The molecule has 124 valence electrons. The van der Waals surface area contributed by atoms with Crippen LogP contribution in [0, 0.1) is 0 Å². The molecule has 0 saturated heterocycles. The van der Waals surface area contributed by atoms with E-state index in [1.54, 1.807) is 13.3 Å². The van der Waals surface area contributed by atoms with E-state index in [0.717, 1.165) is 24.4 Å². The van der Waals surface area contributed by atoms with Gasteiger partial charge in [0.25, 0.3) is 0 Å². The van der Waals surface area contributed by atoms with E-state index in [4.69, 9.17) is 9.15 Å². The van der Waals surface area contributed by atoms with Crippen LogP contribution in [0.25, 0.3) is 11.3 Å². The molecule has 0 bridgehead atoms. The van der Waals surface area contributed by atoms with E-state index < -0.39 is 0 Å². The second-order valence-corrected chi connectivity index (χ2v) is 5.08. The number of aryl methyl sites for hydroxylation is 1. The molecule has 6 nitrogen and oxygen atoms in total. The number of nitrogens with zero attached hydrogens (tertiary/aromatic N) is 1. The van der Waals surface area contributed by atoms with Gasteiger partial charge in [-0.15, -0.1) is 0 Å². The first-order valence-electron chi connectivity index (χ1n) is 7.76. The number of carbonyl (C=O) groups is 1. The van der Waals surface area contributed by atoms with Gasteiger partial charge < -0.3 is 19.8 Å². The van der Waals surface area contributed by atoms with Gasteiger partial charge in [0.15, 0.2) is 11.7 Å². The summed E-state index contributed by atoms with van der Waals surface area (Å²) < 4.78 is 10.6. The third-order valence-corrected chi connectivity index (χ3v) is 3.28. The van der Waals surface area contributed by atoms with Crippen molar-refractivity contribution in [1.29, 1.82) is 0 Å². The Morgan fingerprint density at radius 3 is 2.83 bits per heavy atom. The molecule has 2 rings (SSSR count). The zero-order valence-corrected chi connectivity index (χ0v) is 13.4. The maximum Gasteiger partial charge on any atom is 0.220 e. The molecule has 0 saturated carbocycles. The first-order valence-corrected chi connectivity index (χ1v) is 7.76. The molecule has 0 spiro atoms. The summed E-state index contributed by atoms with van der Waals surface area (Å²) in [5.41, 5.74) is 0.984. The standard InChI is InChI=1S/C17H23N3O3/c1-22-12-11-18-9-10-19-16(21)7-8-17-20-13-15(23-17)14-5-3-2-4-6-14/h2-6,13,18H,7-12H2,1H3,(H,19,21). The monoisotopic (exact) mass is 317 g/mol. The van der Waals surface area contributed by atoms with E-state index in [2.05, 4.69) is 15.6 Å². The summed E-state index contributed by atoms with van der Waals surface area (Å²) >= 11 is 0. The predicted octanol–water partition coefficient (Wildman–Crippen LogP) is 1.63. The number of amides is 1. The maximum atomic E-state index is 11.7. The van der Waals surface area contributed by atoms with Gasteiger partial charge in [-0.2, -0.15) is 0 Å². The van der Waals surface area contributed by atoms with Gasteiger partial charge in [0, 0.05) is 45.1 Å². The average molecular weight is 317 g/mol. The molecule has 1 aromatic heterocycles. The molecule has 0 fully saturated rings. The average Bonchev–Trinajstić information content (AvgIpc) is 3.06. The van der Waals surface area contributed by atoms with Gasteiger partial charge in [-0.05, 0) is 0 Å². The van der Waals surface area contributed by atoms with Gasteiger partial charge in [-0.1, -0.05) is 30.3 Å². The Kier molecular flexibility index (Phi) is 7.29. The molecule has 0 radical (unpaired) electrons. The molecule has 0 atom stereocenters. The van der Waals surface area contributed by atoms with Crippen LogP contribution in [0.4, 0.5) is 0 Å². The second kappa shape index (κ2) is 9.76. The van der Waals surface area contributed by atoms with Crippen molar-refractivity contribution in [3.63, 3.8) is 0 Å². The molecule has 1 amide bonds. The first-order chi connectivity index (χ1) is 11.3. The van der Waals surface area contributed by atoms with Crippen LogP contribution in [0.15, 0.2) is 40.9 Å². The van der Waals surface area contributed by atoms with E-state index >= 15 is 0 Å². The number of carbonyl (C=O) groups excluding carboxylic acids is 1. The molecule has 0 aliphatic heterocycles. The minimum atomic E-state index is -0.00185. The van der Waals surface area contributed by atoms with E-state index in [9.17, 15) is 4.79 Å². The molecule has 0 aliphatic carbocycles. The fraction of sp³-hybridized carbons (Fsp3) is 0.412. The van der Waals surface area contributed by atoms with E-state index in [1.165, 1.54) is 0 Å². The summed E-state index contributed by atoms with van der Waals surface area (Å²) in [7, 11) is 1.66. The minimum Gasteiger partial charge on any atom is -0.441 e. The summed E-state index contributed by atoms with van der Waals surface area (Å²) in [6.45, 7) is 2.78. The lowest BCUT2D eigenvalue weighted by Gasteiger charge is -2.05. The number of benzene rings is 1. The normalized spacial score (nSPS) is 10.7. The van der Waals surface area contributed by atoms with Crippen molar-refractivity contribution in [3.8, 4) is 11.3 Å². The molecule has 2 aromatic rings. The van der Waals surface area contributed by atoms with Gasteiger partial charge >= 0.3 is 0 Å². The van der Waals surface area contributed by atoms with Gasteiger partial charge in [0.2, 0.25) is 5.91 Å². The zero-order valence-electron chi connectivity index (χ0n) is 13.4. The molecular formula is C17H23N3O3. The highest BCUT2D eigenvalue weighted by Crippen LogP contribution is 2.20. The highest BCUT2D eigenvalue weighted by atomic mass is 16.5. The summed E-state index contributed by atoms with van der Waals surface area (Å²) in [5.74, 6) is 1.30. The molecule has 0 aliphatic rings. The zero-order chi connectivity index (χ0) is 16.3. The van der Waals surface area contributed by atoms with Crippen LogP contribution in [0.3, 0.4) is 0 Å². The van der Waals surface area contributed by atoms with Crippen molar-refractivity contribution < 1.29 is 13.9 Å². The van der Waals surface area contributed by atoms with E-state index in [-0.39, 0.29) is 5.91 Å². The van der Waals surface area contributed by atoms with Crippen LogP contribution in [0.2, 0.25) is 0 Å². The van der Waals surface area contributed by atoms with E-state index in [0.29, 0.717) is 31.9 Å². The molecule has 6 heteroatoms. The molecule has 23 heavy (non-hydrogen) atoms. The number of rotatable bonds is 10. The molecule has 2 N–H and O–H groups in total. The van der Waals surface area contributed by atoms with Crippen molar-refractivity contribution >= 4 is 5.91 Å². The quantitative estimate of drug-likeness (QED) is 0.651. The van der Waals surface area contributed by atoms with Gasteiger partial charge in [-0.3, -0.25) is 4.79 Å². The highest BCUT2D eigenvalue weighted by Gasteiger charge is 2.08. The largest absolute Gasteiger partial charge is 0.441 e. The van der Waals surface area contributed by atoms with Crippen molar-refractivity contribution in [2.45, 2.75) is 12.8 Å². The van der Waals surface area contributed by atoms with E-state index in [1.807, 2.05) is 30.3 Å². The van der Waals surface area contributed by atoms with Gasteiger partial charge in [0.05, 0.1) is 12.8 Å². The number of hydrogen-bond acceptors (Lipinski definition) is 5. The van der Waals surface area contributed by atoms with Crippen LogP contribution >= 0.6 is 0 Å². The SMILES string of the molecule is COCCNCCNC(=O)CCc1ncc(-c2ccccc2)o1. The maximum absolute atomic E-state index is 11.7. The Hall–Kier alpha value is -2.18. The van der Waals surface area contributed by atoms with Crippen LogP contribution < -0.4 is 10.6 Å². The van der Waals surface area contributed by atoms with Crippen molar-refractivity contribution in [1.82, 2.24) is 15.6 Å². The van der Waals surface area contributed by atoms with Crippen molar-refractivity contribution in [2.75, 3.05) is 33.4 Å². The lowest BCUT2D eigenvalue weighted by Crippen LogP contribution is -2.33. The number of nitrogens with one attached hydrogen (secondary N) is 2. The minimum absolute atomic E-state index is 0.00185. The Balaban J connectivity index is 1.66. The molecule has 1 heterocycles. The van der Waals surface area contributed by atoms with Crippen molar-refractivity contribution in [3.05, 3.63) is 42.4 Å². The van der Waals surface area contributed by atoms with Crippen LogP contribution in [0.5, 0.6) is 0 Å². The van der Waals surface area contributed by atoms with Crippen LogP contribution in [-0.2, 0) is 16.0 Å². The summed E-state index contributed by atoms with van der Waals surface area (Å²) in [6, 6.07) is 9.79. The highest BCUT2D eigenvalue weighted by molar-refractivity contribution is 5.76. The third-order valence-electron chi connectivity index (χ3n) is 3.28. The van der Waals surface area contributed by atoms with Crippen LogP contribution in [-0.4, -0.2) is 44.2 Å². The lowest BCUT2D eigenvalue weighted by molar-refractivity contribution is -0.121. The Labute approximate surface area is 136 Å². The number of hydrogen-bond donors (Lipinski definition) is 2. The lowest BCUT2D eigenvalue weighted by atomic mass is 10.2. The summed E-state index contributed by atoms with van der Waals surface area (Å²) in [5, 5.41) is 6.02. The second-order valence-electron chi connectivity index (χ2n) is 5.08. The van der Waals surface area contributed by atoms with Crippen LogP contribution in [0.1, 0.15) is 12.3 Å². The summed E-state index contributed by atoms with van der Waals surface area (Å²) in [4.78, 5) is 16.0. The third kappa shape index (κ3) is 6.22. The fourth-order valence-electron chi connectivity index (χ4n) is 2.06. The van der Waals surface area contributed by atoms with Crippen molar-refractivity contribution in [2.24, 2.45) is 0 Å². The Morgan fingerprint density at radius 2 is 2.04 bits per heavy atom. The molecule has 0 unspecified atom stereocenters. The van der Waals surface area contributed by atoms with Gasteiger partial charge in [0.1, 0.15) is 0 Å². The first kappa shape index (κ1) is 17.2. The molecular weight excluding hydrogens is 294 g/mol. The number of aromatic nitrogens is 1. The smallest absolute Gasteiger partial charge is 0.220 e. The topological polar surface area (TPSA) is 76.4 Å². The predicted molar refractivity (Wildman–Crippen MR) is 88.0 cm³/mol. The van der Waals surface area contributed by atoms with Gasteiger partial charge in [-0.25, -0.2) is 4.98 Å². The fourth-order valence-corrected chi connectivity index (χ4v) is 2.06. The number of methoxy groups -OCH3 is 1. The summed E-state index contributed by atoms with van der Waals surface area (Å²) in [6.07, 6.45) is 2.56. The Bertz CT molecular complexity index is 584.